The molecule has 0 saturated carbocycles. The minimum absolute atomic E-state index is 0.167. The van der Waals surface area contributed by atoms with Gasteiger partial charge in [-0.05, 0) is 24.0 Å². The van der Waals surface area contributed by atoms with Gasteiger partial charge in [-0.2, -0.15) is 0 Å². The molecule has 1 amide bonds. The molecule has 1 aromatic heterocycles. The van der Waals surface area contributed by atoms with Gasteiger partial charge >= 0.3 is 0 Å². The summed E-state index contributed by atoms with van der Waals surface area (Å²) in [4.78, 5) is 17.6. The van der Waals surface area contributed by atoms with E-state index >= 15 is 0 Å². The number of hydrogen-bond acceptors (Lipinski definition) is 3. The second kappa shape index (κ2) is 8.76. The van der Waals surface area contributed by atoms with Crippen molar-refractivity contribution in [1.82, 2.24) is 9.80 Å². The fourth-order valence-electron chi connectivity index (χ4n) is 2.31. The number of carbonyl (C=O) groups excluding carboxylic acids is 1. The van der Waals surface area contributed by atoms with Crippen LogP contribution in [0, 0.1) is 11.8 Å². The molecule has 0 spiro atoms. The van der Waals surface area contributed by atoms with Crippen LogP contribution in [0.25, 0.3) is 0 Å². The summed E-state index contributed by atoms with van der Waals surface area (Å²) in [7, 11) is 1.86. The van der Waals surface area contributed by atoms with Crippen molar-refractivity contribution in [3.8, 4) is 0 Å². The van der Waals surface area contributed by atoms with E-state index in [1.807, 2.05) is 19.2 Å². The van der Waals surface area contributed by atoms with Crippen LogP contribution >= 0.6 is 22.9 Å². The van der Waals surface area contributed by atoms with E-state index in [2.05, 4.69) is 32.6 Å². The lowest BCUT2D eigenvalue weighted by Gasteiger charge is -2.27. The monoisotopic (exact) mass is 330 g/mol. The SMILES string of the molecule is CC(C)CN(CC(=O)N(C)Cc1ccc(Cl)s1)CC(C)C. The van der Waals surface area contributed by atoms with Crippen molar-refractivity contribution in [2.24, 2.45) is 11.8 Å². The lowest BCUT2D eigenvalue weighted by atomic mass is 10.1. The van der Waals surface area contributed by atoms with Crippen LogP contribution in [0.2, 0.25) is 4.34 Å². The zero-order chi connectivity index (χ0) is 16.0. The molecule has 120 valence electrons. The van der Waals surface area contributed by atoms with Crippen molar-refractivity contribution < 1.29 is 4.79 Å². The Morgan fingerprint density at radius 2 is 1.76 bits per heavy atom. The minimum atomic E-state index is 0.167. The first kappa shape index (κ1) is 18.5. The Morgan fingerprint density at radius 3 is 2.19 bits per heavy atom. The predicted octanol–water partition coefficient (Wildman–Crippen LogP) is 3.97. The summed E-state index contributed by atoms with van der Waals surface area (Å²) in [6.07, 6.45) is 0. The van der Waals surface area contributed by atoms with Crippen LogP contribution in [0.1, 0.15) is 32.6 Å². The highest BCUT2D eigenvalue weighted by Crippen LogP contribution is 2.22. The molecule has 5 heteroatoms. The second-order valence-corrected chi connectivity index (χ2v) is 8.24. The predicted molar refractivity (Wildman–Crippen MR) is 91.9 cm³/mol. The molecule has 1 rings (SSSR count). The van der Waals surface area contributed by atoms with E-state index in [1.54, 1.807) is 4.90 Å². The van der Waals surface area contributed by atoms with Crippen molar-refractivity contribution in [3.63, 3.8) is 0 Å². The van der Waals surface area contributed by atoms with Crippen LogP contribution in [0.5, 0.6) is 0 Å². The molecule has 0 aliphatic rings. The van der Waals surface area contributed by atoms with E-state index in [-0.39, 0.29) is 5.91 Å². The zero-order valence-corrected chi connectivity index (χ0v) is 15.3. The maximum Gasteiger partial charge on any atom is 0.236 e. The van der Waals surface area contributed by atoms with E-state index in [4.69, 9.17) is 11.6 Å². The number of carbonyl (C=O) groups is 1. The van der Waals surface area contributed by atoms with Gasteiger partial charge in [-0.15, -0.1) is 11.3 Å². The van der Waals surface area contributed by atoms with Crippen molar-refractivity contribution in [2.75, 3.05) is 26.7 Å². The first-order valence-corrected chi connectivity index (χ1v) is 8.68. The van der Waals surface area contributed by atoms with Crippen molar-refractivity contribution in [3.05, 3.63) is 21.3 Å². The largest absolute Gasteiger partial charge is 0.340 e. The Hall–Kier alpha value is -0.580. The van der Waals surface area contributed by atoms with Crippen LogP contribution in [-0.2, 0) is 11.3 Å². The van der Waals surface area contributed by atoms with E-state index in [0.717, 1.165) is 22.3 Å². The maximum atomic E-state index is 12.4. The van der Waals surface area contributed by atoms with Crippen LogP contribution in [-0.4, -0.2) is 42.4 Å². The number of nitrogens with zero attached hydrogens (tertiary/aromatic N) is 2. The summed E-state index contributed by atoms with van der Waals surface area (Å²) in [6, 6.07) is 3.86. The highest BCUT2D eigenvalue weighted by Gasteiger charge is 2.17. The fourth-order valence-corrected chi connectivity index (χ4v) is 3.45. The smallest absolute Gasteiger partial charge is 0.236 e. The summed E-state index contributed by atoms with van der Waals surface area (Å²) in [5.74, 6) is 1.30. The number of hydrogen-bond donors (Lipinski definition) is 0. The molecular weight excluding hydrogens is 304 g/mol. The summed E-state index contributed by atoms with van der Waals surface area (Å²) < 4.78 is 0.770. The van der Waals surface area contributed by atoms with Gasteiger partial charge in [0, 0.05) is 25.0 Å². The number of amides is 1. The van der Waals surface area contributed by atoms with Gasteiger partial charge in [0.15, 0.2) is 0 Å². The highest BCUT2D eigenvalue weighted by molar-refractivity contribution is 7.16. The van der Waals surface area contributed by atoms with E-state index in [1.165, 1.54) is 11.3 Å². The third-order valence-corrected chi connectivity index (χ3v) is 4.27. The van der Waals surface area contributed by atoms with Gasteiger partial charge in [-0.3, -0.25) is 9.69 Å². The van der Waals surface area contributed by atoms with Gasteiger partial charge in [-0.25, -0.2) is 0 Å². The van der Waals surface area contributed by atoms with E-state index in [9.17, 15) is 4.79 Å². The topological polar surface area (TPSA) is 23.6 Å². The minimum Gasteiger partial charge on any atom is -0.340 e. The average Bonchev–Trinajstić information content (AvgIpc) is 2.72. The molecule has 0 aliphatic heterocycles. The van der Waals surface area contributed by atoms with Gasteiger partial charge in [0.1, 0.15) is 0 Å². The van der Waals surface area contributed by atoms with Crippen LogP contribution in [0.4, 0.5) is 0 Å². The Kier molecular flexibility index (Phi) is 7.71. The zero-order valence-electron chi connectivity index (χ0n) is 13.7. The first-order valence-electron chi connectivity index (χ1n) is 7.48. The first-order chi connectivity index (χ1) is 9.77. The van der Waals surface area contributed by atoms with E-state index < -0.39 is 0 Å². The average molecular weight is 331 g/mol. The quantitative estimate of drug-likeness (QED) is 0.720. The standard InChI is InChI=1S/C16H27ClN2OS/c1-12(2)8-19(9-13(3)4)11-16(20)18(5)10-14-6-7-15(17)21-14/h6-7,12-13H,8-11H2,1-5H3. The Labute approximate surface area is 137 Å². The molecule has 0 N–H and O–H groups in total. The molecule has 0 atom stereocenters. The number of halogens is 1. The van der Waals surface area contributed by atoms with Gasteiger partial charge < -0.3 is 4.90 Å². The van der Waals surface area contributed by atoms with Crippen LogP contribution in [0.15, 0.2) is 12.1 Å². The Morgan fingerprint density at radius 1 is 1.19 bits per heavy atom. The Bertz CT molecular complexity index is 435. The summed E-state index contributed by atoms with van der Waals surface area (Å²) in [5, 5.41) is 0. The highest BCUT2D eigenvalue weighted by atomic mass is 35.5. The fraction of sp³-hybridized carbons (Fsp3) is 0.688. The summed E-state index contributed by atoms with van der Waals surface area (Å²) in [6.45, 7) is 11.8. The molecule has 3 nitrogen and oxygen atoms in total. The van der Waals surface area contributed by atoms with Gasteiger partial charge in [0.2, 0.25) is 5.91 Å². The van der Waals surface area contributed by atoms with Crippen molar-refractivity contribution in [1.29, 1.82) is 0 Å². The third kappa shape index (κ3) is 7.30. The summed E-state index contributed by atoms with van der Waals surface area (Å²) in [5.41, 5.74) is 0. The van der Waals surface area contributed by atoms with Gasteiger partial charge in [-0.1, -0.05) is 39.3 Å². The number of rotatable bonds is 8. The van der Waals surface area contributed by atoms with Crippen LogP contribution < -0.4 is 0 Å². The normalized spacial score (nSPS) is 11.7. The summed E-state index contributed by atoms with van der Waals surface area (Å²) >= 11 is 7.46. The molecule has 1 aromatic rings. The molecule has 0 fully saturated rings. The van der Waals surface area contributed by atoms with Crippen molar-refractivity contribution in [2.45, 2.75) is 34.2 Å². The van der Waals surface area contributed by atoms with Gasteiger partial charge in [0.05, 0.1) is 17.4 Å². The molecule has 0 aromatic carbocycles. The molecule has 0 bridgehead atoms. The molecule has 0 saturated heterocycles. The molecule has 0 radical (unpaired) electrons. The van der Waals surface area contributed by atoms with E-state index in [0.29, 0.717) is 24.9 Å². The van der Waals surface area contributed by atoms with Crippen LogP contribution in [0.3, 0.4) is 0 Å². The lowest BCUT2D eigenvalue weighted by Crippen LogP contribution is -2.41. The van der Waals surface area contributed by atoms with Crippen molar-refractivity contribution >= 4 is 28.8 Å². The number of likely N-dealkylation sites (N-methyl/N-ethyl adjacent to an activating group) is 1. The second-order valence-electron chi connectivity index (χ2n) is 6.44. The maximum absolute atomic E-state index is 12.4. The molecule has 21 heavy (non-hydrogen) atoms. The Balaban J connectivity index is 2.54. The third-order valence-electron chi connectivity index (χ3n) is 3.05. The molecule has 0 unspecified atom stereocenters. The van der Waals surface area contributed by atoms with Gasteiger partial charge in [0.25, 0.3) is 0 Å². The lowest BCUT2D eigenvalue weighted by molar-refractivity contribution is -0.131. The number of thiophene rings is 1. The molecular formula is C16H27ClN2OS. The molecule has 1 heterocycles. The molecule has 0 aliphatic carbocycles.